The van der Waals surface area contributed by atoms with E-state index >= 15 is 0 Å². The lowest BCUT2D eigenvalue weighted by molar-refractivity contribution is -0.103. The fourth-order valence-corrected chi connectivity index (χ4v) is 7.62. The van der Waals surface area contributed by atoms with Gasteiger partial charge in [-0.3, -0.25) is 0 Å². The zero-order valence-corrected chi connectivity index (χ0v) is 24.5. The molecule has 36 heavy (non-hydrogen) atoms. The molecule has 7 heteroatoms. The highest BCUT2D eigenvalue weighted by Gasteiger charge is 2.50. The Hall–Kier alpha value is -0.0701. The van der Waals surface area contributed by atoms with E-state index in [2.05, 4.69) is 62.3 Å². The summed E-state index contributed by atoms with van der Waals surface area (Å²) in [6.07, 6.45) is 4.15. The van der Waals surface area contributed by atoms with Crippen molar-refractivity contribution in [1.29, 1.82) is 0 Å². The molecular weight excluding hydrogens is 450 g/mol. The summed E-state index contributed by atoms with van der Waals surface area (Å²) in [6, 6.07) is -0.482. The quantitative estimate of drug-likeness (QED) is 0.274. The van der Waals surface area contributed by atoms with E-state index in [0.29, 0.717) is 50.1 Å². The molecule has 3 aliphatic rings. The van der Waals surface area contributed by atoms with E-state index in [9.17, 15) is 0 Å². The van der Waals surface area contributed by atoms with Crippen molar-refractivity contribution in [3.8, 4) is 0 Å². The maximum absolute atomic E-state index is 6.36. The van der Waals surface area contributed by atoms with Gasteiger partial charge in [-0.2, -0.15) is 0 Å². The monoisotopic (exact) mass is 502 g/mol. The summed E-state index contributed by atoms with van der Waals surface area (Å²) in [7, 11) is 12.6. The number of hydrogen-bond donors (Lipinski definition) is 0. The van der Waals surface area contributed by atoms with Gasteiger partial charge in [0.05, 0.1) is 36.1 Å². The summed E-state index contributed by atoms with van der Waals surface area (Å²) in [6.45, 7) is 22.3. The molecule has 12 atom stereocenters. The third kappa shape index (κ3) is 6.06. The van der Waals surface area contributed by atoms with Crippen LogP contribution in [0.25, 0.3) is 0 Å². The second-order valence-electron chi connectivity index (χ2n) is 12.8. The van der Waals surface area contributed by atoms with Crippen LogP contribution in [0.4, 0.5) is 0 Å². The molecule has 3 heterocycles. The second-order valence-corrected chi connectivity index (χ2v) is 12.8. The minimum absolute atomic E-state index is 0.182. The Bertz CT molecular complexity index is 711. The molecule has 4 radical (unpaired) electrons. The van der Waals surface area contributed by atoms with Crippen molar-refractivity contribution >= 4 is 15.7 Å². The van der Waals surface area contributed by atoms with Gasteiger partial charge in [0.2, 0.25) is 0 Å². The minimum atomic E-state index is -0.423. The fourth-order valence-electron chi connectivity index (χ4n) is 7.62. The predicted octanol–water partition coefficient (Wildman–Crippen LogP) is 5.12. The van der Waals surface area contributed by atoms with Crippen LogP contribution in [-0.4, -0.2) is 77.0 Å². The van der Waals surface area contributed by atoms with Crippen LogP contribution in [0.5, 0.6) is 0 Å². The molecule has 0 spiro atoms. The van der Waals surface area contributed by atoms with Gasteiger partial charge in [0.1, 0.15) is 15.7 Å². The first kappa shape index (κ1) is 30.5. The van der Waals surface area contributed by atoms with Crippen LogP contribution in [0.1, 0.15) is 88.0 Å². The fraction of sp³-hybridized carbons (Fsp3) is 1.00. The van der Waals surface area contributed by atoms with E-state index in [-0.39, 0.29) is 41.1 Å². The SMILES string of the molecule is [B][C@@H]1O[C@](C)(CC)[C@H](CCOC[C@@]2(C)O[C@@H]([B])C(C)[C@H]2CCOC[C@@]2(C)O[C@@H](C)C(C)[C@H]2CC)C1C. The Balaban J connectivity index is 1.49. The van der Waals surface area contributed by atoms with Crippen molar-refractivity contribution in [1.82, 2.24) is 0 Å². The maximum atomic E-state index is 6.36. The summed E-state index contributed by atoms with van der Waals surface area (Å²) in [5, 5.41) is 0. The van der Waals surface area contributed by atoms with Gasteiger partial charge in [-0.15, -0.1) is 0 Å². The molecular formula is C29H52B2O5. The van der Waals surface area contributed by atoms with Crippen LogP contribution in [0.15, 0.2) is 0 Å². The largest absolute Gasteiger partial charge is 0.381 e. The van der Waals surface area contributed by atoms with Crippen LogP contribution in [0.2, 0.25) is 0 Å². The summed E-state index contributed by atoms with van der Waals surface area (Å²) < 4.78 is 31.2. The van der Waals surface area contributed by atoms with E-state index in [4.69, 9.17) is 39.4 Å². The van der Waals surface area contributed by atoms with Crippen molar-refractivity contribution in [2.75, 3.05) is 26.4 Å². The Morgan fingerprint density at radius 2 is 1.08 bits per heavy atom. The first-order valence-corrected chi connectivity index (χ1v) is 14.5. The minimum Gasteiger partial charge on any atom is -0.381 e. The molecule has 3 rings (SSSR count). The molecule has 3 saturated heterocycles. The number of rotatable bonds is 12. The first-order chi connectivity index (χ1) is 16.8. The molecule has 0 amide bonds. The van der Waals surface area contributed by atoms with Gasteiger partial charge in [0, 0.05) is 25.2 Å². The lowest BCUT2D eigenvalue weighted by atomic mass is 9.74. The molecule has 204 valence electrons. The summed E-state index contributed by atoms with van der Waals surface area (Å²) in [4.78, 5) is 0. The second kappa shape index (κ2) is 12.0. The van der Waals surface area contributed by atoms with E-state index < -0.39 is 5.60 Å². The molecule has 0 aromatic carbocycles. The van der Waals surface area contributed by atoms with Crippen molar-refractivity contribution in [2.24, 2.45) is 35.5 Å². The highest BCUT2D eigenvalue weighted by atomic mass is 16.6. The van der Waals surface area contributed by atoms with Crippen LogP contribution < -0.4 is 0 Å². The van der Waals surface area contributed by atoms with E-state index in [1.54, 1.807) is 0 Å². The van der Waals surface area contributed by atoms with Crippen LogP contribution in [0.3, 0.4) is 0 Å². The molecule has 0 aromatic rings. The van der Waals surface area contributed by atoms with Crippen molar-refractivity contribution < 1.29 is 23.7 Å². The van der Waals surface area contributed by atoms with Gasteiger partial charge < -0.3 is 23.7 Å². The van der Waals surface area contributed by atoms with Gasteiger partial charge in [-0.1, -0.05) is 41.0 Å². The highest BCUT2D eigenvalue weighted by Crippen LogP contribution is 2.45. The number of ether oxygens (including phenoxy) is 5. The topological polar surface area (TPSA) is 46.2 Å². The first-order valence-electron chi connectivity index (χ1n) is 14.5. The summed E-state index contributed by atoms with van der Waals surface area (Å²) in [5.41, 5.74) is -0.823. The van der Waals surface area contributed by atoms with E-state index in [1.165, 1.54) is 0 Å². The molecule has 0 aliphatic carbocycles. The highest BCUT2D eigenvalue weighted by molar-refractivity contribution is 6.11. The lowest BCUT2D eigenvalue weighted by Crippen LogP contribution is -2.41. The maximum Gasteiger partial charge on any atom is 0.109 e. The molecule has 0 saturated carbocycles. The standard InChI is InChI=1S/C29H52B2O5/c1-10-22-18(3)21(6)34-28(22,8)16-32-15-13-24-20(5)26(31)36-29(24,9)17-33-14-12-23-19(4)25(30)35-27(23,7)11-2/h18-26H,10-17H2,1-9H3/t18?,19?,20?,21-,22+,23+,24+,25+,26+,27+,28+,29+/m0/s1. The molecule has 3 fully saturated rings. The van der Waals surface area contributed by atoms with Gasteiger partial charge >= 0.3 is 0 Å². The normalized spacial score (nSPS) is 49.2. The van der Waals surface area contributed by atoms with Gasteiger partial charge in [0.25, 0.3) is 0 Å². The Morgan fingerprint density at radius 1 is 0.639 bits per heavy atom. The number of hydrogen-bond acceptors (Lipinski definition) is 5. The predicted molar refractivity (Wildman–Crippen MR) is 146 cm³/mol. The molecule has 3 aliphatic heterocycles. The Labute approximate surface area is 224 Å². The smallest absolute Gasteiger partial charge is 0.109 e. The van der Waals surface area contributed by atoms with Crippen LogP contribution in [-0.2, 0) is 23.7 Å². The molecule has 0 aromatic heterocycles. The van der Waals surface area contributed by atoms with Crippen LogP contribution >= 0.6 is 0 Å². The summed E-state index contributed by atoms with van der Waals surface area (Å²) in [5.74, 6) is 2.29. The average molecular weight is 502 g/mol. The van der Waals surface area contributed by atoms with Crippen molar-refractivity contribution in [3.05, 3.63) is 0 Å². The third-order valence-electron chi connectivity index (χ3n) is 10.4. The van der Waals surface area contributed by atoms with Crippen molar-refractivity contribution in [2.45, 2.75) is 123 Å². The zero-order chi connectivity index (χ0) is 26.9. The van der Waals surface area contributed by atoms with Crippen molar-refractivity contribution in [3.63, 3.8) is 0 Å². The van der Waals surface area contributed by atoms with Gasteiger partial charge in [-0.05, 0) is 82.5 Å². The van der Waals surface area contributed by atoms with Crippen LogP contribution in [0, 0.1) is 35.5 Å². The Kier molecular flexibility index (Phi) is 10.1. The zero-order valence-electron chi connectivity index (χ0n) is 24.5. The van der Waals surface area contributed by atoms with E-state index in [1.807, 2.05) is 0 Å². The van der Waals surface area contributed by atoms with Gasteiger partial charge in [0.15, 0.2) is 0 Å². The molecule has 0 bridgehead atoms. The molecule has 3 unspecified atom stereocenters. The average Bonchev–Trinajstić information content (AvgIpc) is 3.27. The van der Waals surface area contributed by atoms with E-state index in [0.717, 1.165) is 25.7 Å². The molecule has 5 nitrogen and oxygen atoms in total. The lowest BCUT2D eigenvalue weighted by Gasteiger charge is -2.34. The van der Waals surface area contributed by atoms with Gasteiger partial charge in [-0.25, -0.2) is 0 Å². The molecule has 0 N–H and O–H groups in total. The Morgan fingerprint density at radius 3 is 1.56 bits per heavy atom. The third-order valence-corrected chi connectivity index (χ3v) is 10.4. The summed E-state index contributed by atoms with van der Waals surface area (Å²) >= 11 is 0.